The third kappa shape index (κ3) is 2.32. The SMILES string of the molecule is c1coc(CNc2nc(-c3c[nH]c4ccccc34)cs2)c1. The molecule has 4 aromatic rings. The van der Waals surface area contributed by atoms with Gasteiger partial charge in [0.2, 0.25) is 0 Å². The summed E-state index contributed by atoms with van der Waals surface area (Å²) in [5.74, 6) is 0.902. The maximum absolute atomic E-state index is 5.30. The Kier molecular flexibility index (Phi) is 2.97. The van der Waals surface area contributed by atoms with Crippen molar-refractivity contribution in [2.75, 3.05) is 5.32 Å². The fraction of sp³-hybridized carbons (Fsp3) is 0.0625. The van der Waals surface area contributed by atoms with Gasteiger partial charge in [0.15, 0.2) is 5.13 Å². The standard InChI is InChI=1S/C16H13N3OS/c1-2-6-14-12(5-1)13(9-17-14)15-10-21-16(19-15)18-8-11-4-3-7-20-11/h1-7,9-10,17H,8H2,(H,18,19). The van der Waals surface area contributed by atoms with Gasteiger partial charge >= 0.3 is 0 Å². The highest BCUT2D eigenvalue weighted by Gasteiger charge is 2.09. The van der Waals surface area contributed by atoms with Crippen LogP contribution in [-0.4, -0.2) is 9.97 Å². The van der Waals surface area contributed by atoms with Gasteiger partial charge in [0.05, 0.1) is 18.5 Å². The molecule has 0 aliphatic heterocycles. The second-order valence-electron chi connectivity index (χ2n) is 4.72. The van der Waals surface area contributed by atoms with Crippen molar-refractivity contribution in [3.05, 3.63) is 60.0 Å². The molecule has 0 saturated carbocycles. The molecule has 3 aromatic heterocycles. The smallest absolute Gasteiger partial charge is 0.183 e. The molecule has 1 aromatic carbocycles. The van der Waals surface area contributed by atoms with Crippen molar-refractivity contribution in [1.29, 1.82) is 0 Å². The van der Waals surface area contributed by atoms with Crippen LogP contribution in [0.3, 0.4) is 0 Å². The monoisotopic (exact) mass is 295 g/mol. The minimum atomic E-state index is 0.647. The van der Waals surface area contributed by atoms with Gasteiger partial charge in [-0.05, 0) is 18.2 Å². The van der Waals surface area contributed by atoms with Gasteiger partial charge in [-0.15, -0.1) is 11.3 Å². The normalized spacial score (nSPS) is 11.0. The Morgan fingerprint density at radius 2 is 2.14 bits per heavy atom. The number of hydrogen-bond donors (Lipinski definition) is 2. The molecule has 4 nitrogen and oxygen atoms in total. The molecule has 0 unspecified atom stereocenters. The zero-order valence-electron chi connectivity index (χ0n) is 11.2. The van der Waals surface area contributed by atoms with E-state index in [1.54, 1.807) is 17.6 Å². The molecule has 4 rings (SSSR count). The molecule has 5 heteroatoms. The molecule has 0 aliphatic carbocycles. The quantitative estimate of drug-likeness (QED) is 0.583. The molecular formula is C16H13N3OS. The highest BCUT2D eigenvalue weighted by molar-refractivity contribution is 7.14. The van der Waals surface area contributed by atoms with Crippen molar-refractivity contribution in [2.45, 2.75) is 6.54 Å². The number of aromatic amines is 1. The lowest BCUT2D eigenvalue weighted by molar-refractivity contribution is 0.518. The molecule has 104 valence electrons. The molecule has 0 radical (unpaired) electrons. The Balaban J connectivity index is 1.59. The molecule has 0 spiro atoms. The third-order valence-corrected chi connectivity index (χ3v) is 4.16. The lowest BCUT2D eigenvalue weighted by atomic mass is 10.1. The first-order chi connectivity index (χ1) is 10.4. The van der Waals surface area contributed by atoms with E-state index in [0.29, 0.717) is 6.54 Å². The number of furan rings is 1. The largest absolute Gasteiger partial charge is 0.467 e. The Hall–Kier alpha value is -2.53. The predicted molar refractivity (Wildman–Crippen MR) is 85.4 cm³/mol. The van der Waals surface area contributed by atoms with Crippen molar-refractivity contribution in [2.24, 2.45) is 0 Å². The number of fused-ring (bicyclic) bond motifs is 1. The van der Waals surface area contributed by atoms with Crippen LogP contribution in [0.15, 0.2) is 58.7 Å². The lowest BCUT2D eigenvalue weighted by Gasteiger charge is -1.98. The minimum absolute atomic E-state index is 0.647. The van der Waals surface area contributed by atoms with E-state index in [4.69, 9.17) is 4.42 Å². The van der Waals surface area contributed by atoms with Crippen LogP contribution in [0.5, 0.6) is 0 Å². The number of thiazole rings is 1. The summed E-state index contributed by atoms with van der Waals surface area (Å²) in [6.45, 7) is 0.647. The predicted octanol–water partition coefficient (Wildman–Crippen LogP) is 4.50. The van der Waals surface area contributed by atoms with E-state index in [0.717, 1.165) is 27.7 Å². The first-order valence-electron chi connectivity index (χ1n) is 6.68. The number of H-pyrrole nitrogens is 1. The number of para-hydroxylation sites is 1. The average molecular weight is 295 g/mol. The fourth-order valence-corrected chi connectivity index (χ4v) is 3.05. The molecule has 0 aliphatic rings. The van der Waals surface area contributed by atoms with Gasteiger partial charge in [0.1, 0.15) is 5.76 Å². The summed E-state index contributed by atoms with van der Waals surface area (Å²) in [4.78, 5) is 7.93. The van der Waals surface area contributed by atoms with Crippen LogP contribution in [0.4, 0.5) is 5.13 Å². The summed E-state index contributed by atoms with van der Waals surface area (Å²) in [7, 11) is 0. The molecule has 0 bridgehead atoms. The summed E-state index contributed by atoms with van der Waals surface area (Å²) < 4.78 is 5.30. The van der Waals surface area contributed by atoms with Crippen molar-refractivity contribution >= 4 is 27.4 Å². The van der Waals surface area contributed by atoms with E-state index in [1.165, 1.54) is 5.39 Å². The fourth-order valence-electron chi connectivity index (χ4n) is 2.34. The second kappa shape index (κ2) is 5.10. The van der Waals surface area contributed by atoms with Crippen LogP contribution in [-0.2, 0) is 6.54 Å². The number of hydrogen-bond acceptors (Lipinski definition) is 4. The van der Waals surface area contributed by atoms with Crippen LogP contribution in [0.1, 0.15) is 5.76 Å². The second-order valence-corrected chi connectivity index (χ2v) is 5.58. The van der Waals surface area contributed by atoms with Crippen LogP contribution in [0.2, 0.25) is 0 Å². The molecule has 0 atom stereocenters. The van der Waals surface area contributed by atoms with E-state index < -0.39 is 0 Å². The Morgan fingerprint density at radius 3 is 3.05 bits per heavy atom. The number of anilines is 1. The summed E-state index contributed by atoms with van der Waals surface area (Å²) in [5, 5.41) is 7.44. The van der Waals surface area contributed by atoms with E-state index >= 15 is 0 Å². The maximum atomic E-state index is 5.30. The van der Waals surface area contributed by atoms with Gasteiger partial charge in [-0.25, -0.2) is 4.98 Å². The van der Waals surface area contributed by atoms with E-state index in [2.05, 4.69) is 32.8 Å². The van der Waals surface area contributed by atoms with Crippen molar-refractivity contribution in [3.8, 4) is 11.3 Å². The van der Waals surface area contributed by atoms with Crippen LogP contribution >= 0.6 is 11.3 Å². The van der Waals surface area contributed by atoms with Crippen molar-refractivity contribution < 1.29 is 4.42 Å². The maximum Gasteiger partial charge on any atom is 0.183 e. The highest BCUT2D eigenvalue weighted by atomic mass is 32.1. The van der Waals surface area contributed by atoms with Crippen molar-refractivity contribution in [1.82, 2.24) is 9.97 Å². The topological polar surface area (TPSA) is 53.9 Å². The van der Waals surface area contributed by atoms with Crippen LogP contribution in [0.25, 0.3) is 22.2 Å². The zero-order chi connectivity index (χ0) is 14.1. The lowest BCUT2D eigenvalue weighted by Crippen LogP contribution is -1.97. The summed E-state index contributed by atoms with van der Waals surface area (Å²) >= 11 is 1.60. The van der Waals surface area contributed by atoms with Gasteiger partial charge in [-0.2, -0.15) is 0 Å². The molecule has 0 amide bonds. The Bertz CT molecular complexity index is 861. The van der Waals surface area contributed by atoms with Crippen LogP contribution in [0, 0.1) is 0 Å². The summed E-state index contributed by atoms with van der Waals surface area (Å²) in [5.41, 5.74) is 3.25. The number of nitrogens with one attached hydrogen (secondary N) is 2. The van der Waals surface area contributed by atoms with Gasteiger partial charge in [0, 0.05) is 28.0 Å². The van der Waals surface area contributed by atoms with E-state index in [1.807, 2.05) is 30.5 Å². The van der Waals surface area contributed by atoms with Crippen LogP contribution < -0.4 is 5.32 Å². The first-order valence-corrected chi connectivity index (χ1v) is 7.56. The van der Waals surface area contributed by atoms with Gasteiger partial charge in [-0.1, -0.05) is 18.2 Å². The van der Waals surface area contributed by atoms with Gasteiger partial charge in [-0.3, -0.25) is 0 Å². The number of nitrogens with zero attached hydrogens (tertiary/aromatic N) is 1. The van der Waals surface area contributed by atoms with Crippen molar-refractivity contribution in [3.63, 3.8) is 0 Å². The Morgan fingerprint density at radius 1 is 1.19 bits per heavy atom. The molecule has 0 fully saturated rings. The number of benzene rings is 1. The third-order valence-electron chi connectivity index (χ3n) is 3.36. The van der Waals surface area contributed by atoms with Gasteiger partial charge < -0.3 is 14.7 Å². The molecular weight excluding hydrogens is 282 g/mol. The zero-order valence-corrected chi connectivity index (χ0v) is 12.0. The van der Waals surface area contributed by atoms with E-state index in [9.17, 15) is 0 Å². The van der Waals surface area contributed by atoms with Gasteiger partial charge in [0.25, 0.3) is 0 Å². The number of aromatic nitrogens is 2. The highest BCUT2D eigenvalue weighted by Crippen LogP contribution is 2.30. The Labute approximate surface area is 125 Å². The van der Waals surface area contributed by atoms with E-state index in [-0.39, 0.29) is 0 Å². The molecule has 2 N–H and O–H groups in total. The number of rotatable bonds is 4. The molecule has 0 saturated heterocycles. The summed E-state index contributed by atoms with van der Waals surface area (Å²) in [6.07, 6.45) is 3.69. The molecule has 21 heavy (non-hydrogen) atoms. The average Bonchev–Trinajstić information content (AvgIpc) is 3.25. The first kappa shape index (κ1) is 12.2. The molecule has 3 heterocycles. The minimum Gasteiger partial charge on any atom is -0.467 e. The summed E-state index contributed by atoms with van der Waals surface area (Å²) in [6, 6.07) is 12.1.